The fourth-order valence-corrected chi connectivity index (χ4v) is 2.26. The van der Waals surface area contributed by atoms with E-state index in [4.69, 9.17) is 0 Å². The molecule has 16 heavy (non-hydrogen) atoms. The quantitative estimate of drug-likeness (QED) is 0.420. The van der Waals surface area contributed by atoms with Crippen molar-refractivity contribution < 1.29 is 39.5 Å². The van der Waals surface area contributed by atoms with Gasteiger partial charge in [0, 0.05) is 5.97 Å². The summed E-state index contributed by atoms with van der Waals surface area (Å²) in [5, 5.41) is 10.1. The van der Waals surface area contributed by atoms with Crippen LogP contribution in [0.2, 0.25) is 0 Å². The van der Waals surface area contributed by atoms with Crippen molar-refractivity contribution in [3.63, 3.8) is 0 Å². The Kier molecular flexibility index (Phi) is 7.96. The van der Waals surface area contributed by atoms with Gasteiger partial charge in [0.2, 0.25) is 0 Å². The molecule has 1 aliphatic carbocycles. The van der Waals surface area contributed by atoms with Gasteiger partial charge in [-0.05, 0) is 37.0 Å². The summed E-state index contributed by atoms with van der Waals surface area (Å²) in [7, 11) is 0. The molecule has 0 aromatic heterocycles. The predicted molar refractivity (Wildman–Crippen MR) is 59.2 cm³/mol. The average molecular weight is 234 g/mol. The summed E-state index contributed by atoms with van der Waals surface area (Å²) in [5.41, 5.74) is 0.620. The van der Waals surface area contributed by atoms with Crippen molar-refractivity contribution in [3.05, 3.63) is 0 Å². The minimum Gasteiger partial charge on any atom is -0.550 e. The molecular formula is C13H23NaO2. The maximum absolute atomic E-state index is 10.1. The zero-order valence-corrected chi connectivity index (χ0v) is 13.1. The number of carboxylic acid groups (broad SMARTS) is 1. The van der Waals surface area contributed by atoms with Gasteiger partial charge in [0.1, 0.15) is 0 Å². The van der Waals surface area contributed by atoms with Gasteiger partial charge in [0.25, 0.3) is 0 Å². The minimum atomic E-state index is -0.908. The molecule has 0 aliphatic heterocycles. The Morgan fingerprint density at radius 3 is 2.19 bits per heavy atom. The zero-order valence-electron chi connectivity index (χ0n) is 11.1. The van der Waals surface area contributed by atoms with Gasteiger partial charge in [-0.1, -0.05) is 39.5 Å². The molecule has 1 rings (SSSR count). The Morgan fingerprint density at radius 2 is 1.69 bits per heavy atom. The Balaban J connectivity index is 0.00000225. The van der Waals surface area contributed by atoms with E-state index < -0.39 is 5.97 Å². The Hall–Kier alpha value is 0.470. The third kappa shape index (κ3) is 6.93. The van der Waals surface area contributed by atoms with Crippen LogP contribution in [0.4, 0.5) is 0 Å². The minimum absolute atomic E-state index is 0. The normalized spacial score (nSPS) is 21.2. The second kappa shape index (κ2) is 7.73. The Morgan fingerprint density at radius 1 is 1.19 bits per heavy atom. The molecule has 2 nitrogen and oxygen atoms in total. The molecule has 1 atom stereocenters. The summed E-state index contributed by atoms with van der Waals surface area (Å²) < 4.78 is 0. The van der Waals surface area contributed by atoms with Crippen LogP contribution in [0.1, 0.15) is 65.2 Å². The summed E-state index contributed by atoms with van der Waals surface area (Å²) in [6.45, 7) is 4.69. The van der Waals surface area contributed by atoms with E-state index in [9.17, 15) is 9.90 Å². The van der Waals surface area contributed by atoms with Crippen LogP contribution < -0.4 is 34.7 Å². The van der Waals surface area contributed by atoms with E-state index in [0.717, 1.165) is 18.8 Å². The van der Waals surface area contributed by atoms with Crippen LogP contribution in [0, 0.1) is 11.3 Å². The van der Waals surface area contributed by atoms with E-state index in [1.54, 1.807) is 0 Å². The van der Waals surface area contributed by atoms with E-state index in [-0.39, 0.29) is 36.0 Å². The molecule has 1 saturated carbocycles. The average Bonchev–Trinajstić information content (AvgIpc) is 2.72. The van der Waals surface area contributed by atoms with Gasteiger partial charge in [0.15, 0.2) is 0 Å². The fourth-order valence-electron chi connectivity index (χ4n) is 2.26. The van der Waals surface area contributed by atoms with Gasteiger partial charge < -0.3 is 9.90 Å². The first-order valence-corrected chi connectivity index (χ1v) is 6.22. The van der Waals surface area contributed by atoms with Crippen molar-refractivity contribution in [1.82, 2.24) is 0 Å². The number of hydrogen-bond acceptors (Lipinski definition) is 2. The molecule has 0 bridgehead atoms. The third-order valence-corrected chi connectivity index (χ3v) is 3.65. The van der Waals surface area contributed by atoms with Gasteiger partial charge in [-0.2, -0.15) is 0 Å². The number of aliphatic carboxylic acids is 1. The standard InChI is InChI=1S/C13H24O2.Na/c1-13(2)10-11(13)8-6-4-3-5-7-9-12(14)15;/h11H,3-10H2,1-2H3,(H,14,15);/q;+1/p-1. The molecule has 88 valence electrons. The van der Waals surface area contributed by atoms with Crippen LogP contribution >= 0.6 is 0 Å². The monoisotopic (exact) mass is 234 g/mol. The van der Waals surface area contributed by atoms with Crippen LogP contribution in [0.3, 0.4) is 0 Å². The van der Waals surface area contributed by atoms with Crippen molar-refractivity contribution in [3.8, 4) is 0 Å². The maximum Gasteiger partial charge on any atom is 1.00 e. The SMILES string of the molecule is CC1(C)CC1CCCCCCCC(=O)[O-].[Na+]. The van der Waals surface area contributed by atoms with Gasteiger partial charge >= 0.3 is 29.6 Å². The van der Waals surface area contributed by atoms with Crippen molar-refractivity contribution in [2.75, 3.05) is 0 Å². The zero-order chi connectivity index (χ0) is 11.3. The summed E-state index contributed by atoms with van der Waals surface area (Å²) in [5.74, 6) is 0.0513. The van der Waals surface area contributed by atoms with Gasteiger partial charge in [0.05, 0.1) is 0 Å². The van der Waals surface area contributed by atoms with E-state index in [1.807, 2.05) is 0 Å². The largest absolute Gasteiger partial charge is 1.00 e. The first kappa shape index (κ1) is 16.5. The van der Waals surface area contributed by atoms with Crippen molar-refractivity contribution in [2.45, 2.75) is 65.2 Å². The van der Waals surface area contributed by atoms with E-state index in [2.05, 4.69) is 13.8 Å². The molecule has 0 saturated heterocycles. The Labute approximate surface area is 121 Å². The summed E-state index contributed by atoms with van der Waals surface area (Å²) >= 11 is 0. The van der Waals surface area contributed by atoms with Gasteiger partial charge in [-0.15, -0.1) is 0 Å². The molecule has 0 amide bonds. The molecule has 0 N–H and O–H groups in total. The summed E-state index contributed by atoms with van der Waals surface area (Å²) in [6, 6.07) is 0. The topological polar surface area (TPSA) is 40.1 Å². The summed E-state index contributed by atoms with van der Waals surface area (Å²) in [4.78, 5) is 10.1. The predicted octanol–water partition coefficient (Wildman–Crippen LogP) is -0.483. The number of hydrogen-bond donors (Lipinski definition) is 0. The van der Waals surface area contributed by atoms with Crippen molar-refractivity contribution >= 4 is 5.97 Å². The molecule has 1 unspecified atom stereocenters. The van der Waals surface area contributed by atoms with Gasteiger partial charge in [-0.25, -0.2) is 0 Å². The van der Waals surface area contributed by atoms with Crippen molar-refractivity contribution in [1.29, 1.82) is 0 Å². The number of carbonyl (C=O) groups excluding carboxylic acids is 1. The Bertz CT molecular complexity index is 214. The molecule has 0 radical (unpaired) electrons. The fraction of sp³-hybridized carbons (Fsp3) is 0.923. The molecule has 0 aromatic rings. The van der Waals surface area contributed by atoms with Crippen LogP contribution in [0.5, 0.6) is 0 Å². The smallest absolute Gasteiger partial charge is 0.550 e. The van der Waals surface area contributed by atoms with Crippen molar-refractivity contribution in [2.24, 2.45) is 11.3 Å². The maximum atomic E-state index is 10.1. The molecule has 0 heterocycles. The first-order chi connectivity index (χ1) is 7.02. The number of rotatable bonds is 8. The third-order valence-electron chi connectivity index (χ3n) is 3.65. The number of unbranched alkanes of at least 4 members (excludes halogenated alkanes) is 4. The number of carbonyl (C=O) groups is 1. The van der Waals surface area contributed by atoms with Crippen LogP contribution in [0.15, 0.2) is 0 Å². The second-order valence-corrected chi connectivity index (χ2v) is 5.57. The van der Waals surface area contributed by atoms with Gasteiger partial charge in [-0.3, -0.25) is 0 Å². The molecule has 1 fully saturated rings. The van der Waals surface area contributed by atoms with Crippen LogP contribution in [0.25, 0.3) is 0 Å². The van der Waals surface area contributed by atoms with E-state index >= 15 is 0 Å². The number of carboxylic acids is 1. The summed E-state index contributed by atoms with van der Waals surface area (Å²) in [6.07, 6.45) is 8.60. The molecular weight excluding hydrogens is 211 g/mol. The molecule has 3 heteroatoms. The molecule has 0 spiro atoms. The molecule has 0 aromatic carbocycles. The van der Waals surface area contributed by atoms with Crippen LogP contribution in [-0.2, 0) is 4.79 Å². The van der Waals surface area contributed by atoms with E-state index in [0.29, 0.717) is 5.41 Å². The molecule has 1 aliphatic rings. The van der Waals surface area contributed by atoms with E-state index in [1.165, 1.54) is 32.1 Å². The first-order valence-electron chi connectivity index (χ1n) is 6.22. The second-order valence-electron chi connectivity index (χ2n) is 5.57. The van der Waals surface area contributed by atoms with Crippen LogP contribution in [-0.4, -0.2) is 5.97 Å².